The molecule has 4 atom stereocenters. The first-order valence-corrected chi connectivity index (χ1v) is 18.6. The quantitative estimate of drug-likeness (QED) is 0.0809. The molecule has 58 heavy (non-hydrogen) atoms. The van der Waals surface area contributed by atoms with Crippen LogP contribution in [0.3, 0.4) is 0 Å². The number of imide groups is 1. The number of aromatic nitrogens is 6. The number of rotatable bonds is 9. The number of amides is 2. The lowest BCUT2D eigenvalue weighted by Crippen LogP contribution is -2.33. The number of carbonyl (C=O) groups is 2. The molecule has 10 N–H and O–H groups in total. The molecule has 308 valence electrons. The van der Waals surface area contributed by atoms with E-state index in [0.717, 1.165) is 44.2 Å². The summed E-state index contributed by atoms with van der Waals surface area (Å²) in [5, 5.41) is 16.5. The normalized spacial score (nSPS) is 19.9. The summed E-state index contributed by atoms with van der Waals surface area (Å²) >= 11 is 0. The second-order valence-corrected chi connectivity index (χ2v) is 14.4. The second kappa shape index (κ2) is 20.6. The topological polar surface area (TPSA) is 271 Å². The summed E-state index contributed by atoms with van der Waals surface area (Å²) in [7, 11) is 0. The summed E-state index contributed by atoms with van der Waals surface area (Å²) in [5.74, 6) is 9.38. The maximum atomic E-state index is 12.7. The first-order chi connectivity index (χ1) is 27.2. The molecule has 17 heteroatoms. The maximum Gasteiger partial charge on any atom is 0.274 e. The number of nitrogens with two attached hydrogens (primary N) is 3. The summed E-state index contributed by atoms with van der Waals surface area (Å²) in [5.41, 5.74) is 8.39. The minimum Gasteiger partial charge on any atom is -0.412 e. The highest BCUT2D eigenvalue weighted by atomic mass is 16.2. The average Bonchev–Trinajstić information content (AvgIpc) is 3.85. The number of hydrogen-bond acceptors (Lipinski definition) is 13. The van der Waals surface area contributed by atoms with Crippen LogP contribution in [0.15, 0.2) is 94.5 Å². The third-order valence-corrected chi connectivity index (χ3v) is 10.5. The van der Waals surface area contributed by atoms with Gasteiger partial charge in [-0.15, -0.1) is 20.4 Å². The highest BCUT2D eigenvalue weighted by molar-refractivity contribution is 6.21. The third-order valence-electron chi connectivity index (χ3n) is 10.5. The number of H-pyrrole nitrogens is 2. The number of benzene rings is 3. The van der Waals surface area contributed by atoms with Gasteiger partial charge in [-0.2, -0.15) is 0 Å². The minimum absolute atomic E-state index is 0. The number of hydrazine groups is 1. The van der Waals surface area contributed by atoms with Gasteiger partial charge in [-0.3, -0.25) is 45.6 Å². The SMILES string of the molecule is C.CC1CN(Cc2ccccc2)CC1c1nnc(CN)c(=O)[nH]1.CC1CN(Cc2ccccc2)CC1c1nnc(CN2C(=O)c3ccccc3C2=O)c(=O)[nH]1.NN.O. The van der Waals surface area contributed by atoms with Crippen LogP contribution in [-0.4, -0.2) is 88.5 Å². The zero-order valence-corrected chi connectivity index (χ0v) is 32.0. The Morgan fingerprint density at radius 2 is 0.983 bits per heavy atom. The van der Waals surface area contributed by atoms with E-state index >= 15 is 0 Å². The van der Waals surface area contributed by atoms with E-state index in [1.165, 1.54) is 11.1 Å². The Balaban J connectivity index is 0.000000252. The van der Waals surface area contributed by atoms with Crippen LogP contribution in [0.1, 0.15) is 88.0 Å². The fraction of sp³-hybridized carbons (Fsp3) is 0.366. The Kier molecular flexibility index (Phi) is 15.9. The number of likely N-dealkylation sites (tertiary alicyclic amines) is 2. The molecule has 3 aliphatic heterocycles. The molecule has 2 fully saturated rings. The van der Waals surface area contributed by atoms with Crippen LogP contribution in [0.4, 0.5) is 0 Å². The van der Waals surface area contributed by atoms with Crippen molar-refractivity contribution < 1.29 is 15.1 Å². The summed E-state index contributed by atoms with van der Waals surface area (Å²) in [6.45, 7) is 9.55. The predicted molar refractivity (Wildman–Crippen MR) is 220 cm³/mol. The Hall–Kier alpha value is -5.82. The fourth-order valence-electron chi connectivity index (χ4n) is 7.64. The molecule has 3 aliphatic rings. The summed E-state index contributed by atoms with van der Waals surface area (Å²) in [6.07, 6.45) is 0. The Morgan fingerprint density at radius 1 is 0.586 bits per heavy atom. The molecule has 0 spiro atoms. The van der Waals surface area contributed by atoms with Gasteiger partial charge in [0.2, 0.25) is 0 Å². The molecule has 3 aromatic carbocycles. The van der Waals surface area contributed by atoms with Gasteiger partial charge in [0.25, 0.3) is 22.9 Å². The van der Waals surface area contributed by atoms with Gasteiger partial charge in [0.1, 0.15) is 23.0 Å². The van der Waals surface area contributed by atoms with Gasteiger partial charge in [0.15, 0.2) is 0 Å². The molecule has 2 aromatic heterocycles. The van der Waals surface area contributed by atoms with Crippen LogP contribution in [0, 0.1) is 11.8 Å². The molecule has 5 aromatic rings. The number of nitrogens with one attached hydrogen (secondary N) is 2. The molecule has 0 aliphatic carbocycles. The van der Waals surface area contributed by atoms with Gasteiger partial charge < -0.3 is 21.2 Å². The lowest BCUT2D eigenvalue weighted by molar-refractivity contribution is 0.0639. The first kappa shape index (κ1) is 44.9. The van der Waals surface area contributed by atoms with Crippen LogP contribution < -0.4 is 28.5 Å². The molecular weight excluding hydrogens is 741 g/mol. The van der Waals surface area contributed by atoms with Crippen molar-refractivity contribution in [2.24, 2.45) is 29.3 Å². The summed E-state index contributed by atoms with van der Waals surface area (Å²) in [6, 6.07) is 27.3. The van der Waals surface area contributed by atoms with Crippen molar-refractivity contribution in [3.63, 3.8) is 0 Å². The van der Waals surface area contributed by atoms with Crippen molar-refractivity contribution in [2.75, 3.05) is 26.2 Å². The van der Waals surface area contributed by atoms with Gasteiger partial charge in [-0.25, -0.2) is 0 Å². The van der Waals surface area contributed by atoms with Crippen molar-refractivity contribution in [1.29, 1.82) is 0 Å². The number of carbonyl (C=O) groups excluding carboxylic acids is 2. The van der Waals surface area contributed by atoms with Gasteiger partial charge in [-0.05, 0) is 35.1 Å². The Bertz CT molecular complexity index is 2200. The molecule has 2 amide bonds. The van der Waals surface area contributed by atoms with Crippen LogP contribution in [0.25, 0.3) is 0 Å². The molecule has 8 rings (SSSR count). The van der Waals surface area contributed by atoms with Crippen LogP contribution in [0.5, 0.6) is 0 Å². The molecular formula is C41H54N12O5. The lowest BCUT2D eigenvalue weighted by atomic mass is 9.97. The molecule has 0 radical (unpaired) electrons. The molecule has 4 unspecified atom stereocenters. The highest BCUT2D eigenvalue weighted by Crippen LogP contribution is 2.32. The van der Waals surface area contributed by atoms with Gasteiger partial charge in [0.05, 0.1) is 17.7 Å². The minimum atomic E-state index is -0.420. The lowest BCUT2D eigenvalue weighted by Gasteiger charge is -2.16. The zero-order valence-electron chi connectivity index (χ0n) is 32.0. The monoisotopic (exact) mass is 794 g/mol. The van der Waals surface area contributed by atoms with Crippen molar-refractivity contribution in [1.82, 2.24) is 45.1 Å². The highest BCUT2D eigenvalue weighted by Gasteiger charge is 2.37. The van der Waals surface area contributed by atoms with E-state index in [0.29, 0.717) is 34.6 Å². The van der Waals surface area contributed by atoms with Crippen molar-refractivity contribution >= 4 is 11.8 Å². The van der Waals surface area contributed by atoms with Gasteiger partial charge in [-0.1, -0.05) is 94.1 Å². The third kappa shape index (κ3) is 10.2. The molecule has 17 nitrogen and oxygen atoms in total. The van der Waals surface area contributed by atoms with E-state index in [1.807, 2.05) is 24.3 Å². The smallest absolute Gasteiger partial charge is 0.274 e. The van der Waals surface area contributed by atoms with E-state index in [9.17, 15) is 19.2 Å². The van der Waals surface area contributed by atoms with Crippen molar-refractivity contribution in [3.05, 3.63) is 151 Å². The number of nitrogens with zero attached hydrogens (tertiary/aromatic N) is 7. The summed E-state index contributed by atoms with van der Waals surface area (Å²) < 4.78 is 0. The predicted octanol–water partition coefficient (Wildman–Crippen LogP) is 1.69. The van der Waals surface area contributed by atoms with Gasteiger partial charge >= 0.3 is 0 Å². The van der Waals surface area contributed by atoms with Crippen LogP contribution >= 0.6 is 0 Å². The number of hydrogen-bond donors (Lipinski definition) is 5. The Morgan fingerprint density at radius 3 is 1.38 bits per heavy atom. The fourth-order valence-corrected chi connectivity index (χ4v) is 7.64. The molecule has 2 saturated heterocycles. The number of aromatic amines is 2. The summed E-state index contributed by atoms with van der Waals surface area (Å²) in [4.78, 5) is 61.2. The molecule has 0 saturated carbocycles. The van der Waals surface area contributed by atoms with E-state index in [4.69, 9.17) is 5.73 Å². The van der Waals surface area contributed by atoms with Crippen molar-refractivity contribution in [3.8, 4) is 0 Å². The van der Waals surface area contributed by atoms with Gasteiger partial charge in [0, 0.05) is 57.6 Å². The number of fused-ring (bicyclic) bond motifs is 1. The largest absolute Gasteiger partial charge is 0.412 e. The van der Waals surface area contributed by atoms with Crippen LogP contribution in [0.2, 0.25) is 0 Å². The Labute approximate surface area is 337 Å². The maximum absolute atomic E-state index is 12.7. The van der Waals surface area contributed by atoms with Crippen LogP contribution in [-0.2, 0) is 26.2 Å². The van der Waals surface area contributed by atoms with E-state index < -0.39 is 17.4 Å². The van der Waals surface area contributed by atoms with Crippen molar-refractivity contribution in [2.45, 2.75) is 59.3 Å². The first-order valence-electron chi connectivity index (χ1n) is 18.6. The average molecular weight is 795 g/mol. The van der Waals surface area contributed by atoms with E-state index in [2.05, 4.69) is 102 Å². The zero-order chi connectivity index (χ0) is 39.8. The molecule has 0 bridgehead atoms. The second-order valence-electron chi connectivity index (χ2n) is 14.4. The van der Waals surface area contributed by atoms with E-state index in [1.54, 1.807) is 24.3 Å². The van der Waals surface area contributed by atoms with E-state index in [-0.39, 0.29) is 54.8 Å². The standard InChI is InChI=1S/C24H23N5O3.C16H21N5O.CH4.H4N2.H2O/c1-15-11-28(12-16-7-3-2-4-8-16)13-19(15)21-25-22(30)20(26-27-21)14-29-23(31)17-9-5-6-10-18(17)24(29)32;1-11-8-21(9-12-5-3-2-4-6-12)10-13(11)15-18-16(22)14(7-17)19-20-15;;1-2;/h2-10,15,19H,11-14H2,1H3,(H,25,27,30);2-6,11,13H,7-10,17H2,1H3,(H,18,20,22);1H4;1-2H2;1H2. The molecule has 5 heterocycles.